The lowest BCUT2D eigenvalue weighted by molar-refractivity contribution is 0.556. The third-order valence-corrected chi connectivity index (χ3v) is 4.59. The summed E-state index contributed by atoms with van der Waals surface area (Å²) in [6.45, 7) is 7.97. The monoisotopic (exact) mass is 335 g/mol. The Balaban J connectivity index is 1.80. The molecule has 3 heteroatoms. The van der Waals surface area contributed by atoms with E-state index in [4.69, 9.17) is 4.42 Å². The van der Waals surface area contributed by atoms with E-state index in [9.17, 15) is 4.79 Å². The number of rotatable bonds is 6. The molecule has 1 aromatic heterocycles. The maximum Gasteiger partial charge on any atom is 0.336 e. The highest BCUT2D eigenvalue weighted by Gasteiger charge is 2.11. The average molecular weight is 335 g/mol. The average Bonchev–Trinajstić information content (AvgIpc) is 2.58. The van der Waals surface area contributed by atoms with E-state index in [0.29, 0.717) is 18.0 Å². The Hall–Kier alpha value is -2.39. The molecule has 0 saturated heterocycles. The topological polar surface area (TPSA) is 42.2 Å². The van der Waals surface area contributed by atoms with Gasteiger partial charge in [0.05, 0.1) is 0 Å². The van der Waals surface area contributed by atoms with Gasteiger partial charge in [0.25, 0.3) is 0 Å². The van der Waals surface area contributed by atoms with Gasteiger partial charge in [0.1, 0.15) is 5.58 Å². The Morgan fingerprint density at radius 1 is 1.08 bits per heavy atom. The summed E-state index contributed by atoms with van der Waals surface area (Å²) in [5, 5.41) is 4.48. The fraction of sp³-hybridized carbons (Fsp3) is 0.318. The number of benzene rings is 2. The zero-order valence-corrected chi connectivity index (χ0v) is 15.1. The molecule has 2 aromatic carbocycles. The SMILES string of the molecule is Cc1cc2oc(=O)cc(CNCCc3ccccc3)c2cc1C(C)C. The lowest BCUT2D eigenvalue weighted by atomic mass is 9.95. The predicted molar refractivity (Wildman–Crippen MR) is 103 cm³/mol. The minimum absolute atomic E-state index is 0.288. The molecule has 0 amide bonds. The van der Waals surface area contributed by atoms with E-state index in [2.05, 4.69) is 56.4 Å². The fourth-order valence-electron chi connectivity index (χ4n) is 3.26. The summed E-state index contributed by atoms with van der Waals surface area (Å²) in [5.74, 6) is 0.440. The van der Waals surface area contributed by atoms with Crippen LogP contribution < -0.4 is 10.9 Å². The van der Waals surface area contributed by atoms with E-state index >= 15 is 0 Å². The van der Waals surface area contributed by atoms with Crippen molar-refractivity contribution in [3.63, 3.8) is 0 Å². The smallest absolute Gasteiger partial charge is 0.336 e. The minimum atomic E-state index is -0.288. The molecule has 0 spiro atoms. The van der Waals surface area contributed by atoms with Crippen LogP contribution in [0.3, 0.4) is 0 Å². The second-order valence-corrected chi connectivity index (χ2v) is 6.86. The summed E-state index contributed by atoms with van der Waals surface area (Å²) in [6, 6.07) is 16.2. The molecule has 0 bridgehead atoms. The lowest BCUT2D eigenvalue weighted by Crippen LogP contribution is -2.18. The van der Waals surface area contributed by atoms with Crippen molar-refractivity contribution in [3.8, 4) is 0 Å². The van der Waals surface area contributed by atoms with E-state index in [1.165, 1.54) is 16.7 Å². The van der Waals surface area contributed by atoms with Gasteiger partial charge in [0.15, 0.2) is 0 Å². The maximum absolute atomic E-state index is 11.9. The number of nitrogens with one attached hydrogen (secondary N) is 1. The molecule has 1 N–H and O–H groups in total. The van der Waals surface area contributed by atoms with Crippen LogP contribution in [0.5, 0.6) is 0 Å². The second-order valence-electron chi connectivity index (χ2n) is 6.86. The van der Waals surface area contributed by atoms with E-state index in [1.807, 2.05) is 12.1 Å². The first-order valence-electron chi connectivity index (χ1n) is 8.86. The molecule has 0 unspecified atom stereocenters. The van der Waals surface area contributed by atoms with Crippen molar-refractivity contribution in [2.24, 2.45) is 0 Å². The number of fused-ring (bicyclic) bond motifs is 1. The van der Waals surface area contributed by atoms with Gasteiger partial charge >= 0.3 is 5.63 Å². The van der Waals surface area contributed by atoms with Crippen LogP contribution in [0.25, 0.3) is 11.0 Å². The molecule has 0 aliphatic carbocycles. The van der Waals surface area contributed by atoms with Crippen molar-refractivity contribution in [2.45, 2.75) is 39.7 Å². The highest BCUT2D eigenvalue weighted by Crippen LogP contribution is 2.26. The number of hydrogen-bond donors (Lipinski definition) is 1. The van der Waals surface area contributed by atoms with E-state index in [1.54, 1.807) is 6.07 Å². The van der Waals surface area contributed by atoms with Gasteiger partial charge in [-0.1, -0.05) is 44.2 Å². The van der Waals surface area contributed by atoms with Crippen LogP contribution in [0.4, 0.5) is 0 Å². The molecule has 3 rings (SSSR count). The van der Waals surface area contributed by atoms with Gasteiger partial charge in [0, 0.05) is 18.0 Å². The molecule has 0 radical (unpaired) electrons. The van der Waals surface area contributed by atoms with Gasteiger partial charge < -0.3 is 9.73 Å². The Kier molecular flexibility index (Phi) is 5.34. The summed E-state index contributed by atoms with van der Waals surface area (Å²) in [7, 11) is 0. The van der Waals surface area contributed by atoms with E-state index in [0.717, 1.165) is 23.9 Å². The summed E-state index contributed by atoms with van der Waals surface area (Å²) in [5.41, 5.74) is 5.16. The van der Waals surface area contributed by atoms with Crippen molar-refractivity contribution in [2.75, 3.05) is 6.54 Å². The molecular formula is C22H25NO2. The van der Waals surface area contributed by atoms with Gasteiger partial charge in [0.2, 0.25) is 0 Å². The van der Waals surface area contributed by atoms with Crippen molar-refractivity contribution in [3.05, 3.63) is 81.2 Å². The fourth-order valence-corrected chi connectivity index (χ4v) is 3.26. The normalized spacial score (nSPS) is 11.4. The van der Waals surface area contributed by atoms with E-state index < -0.39 is 0 Å². The standard InChI is InChI=1S/C22H25NO2/c1-15(2)19-13-20-18(12-22(24)25-21(20)11-16(19)3)14-23-10-9-17-7-5-4-6-8-17/h4-8,11-13,15,23H,9-10,14H2,1-3H3. The second kappa shape index (κ2) is 7.66. The molecule has 130 valence electrons. The summed E-state index contributed by atoms with van der Waals surface area (Å²) in [6.07, 6.45) is 0.969. The van der Waals surface area contributed by atoms with Gasteiger partial charge in [-0.3, -0.25) is 0 Å². The zero-order valence-electron chi connectivity index (χ0n) is 15.1. The summed E-state index contributed by atoms with van der Waals surface area (Å²) in [4.78, 5) is 11.9. The molecule has 0 aliphatic heterocycles. The lowest BCUT2D eigenvalue weighted by Gasteiger charge is -2.13. The van der Waals surface area contributed by atoms with Crippen LogP contribution in [-0.4, -0.2) is 6.54 Å². The Morgan fingerprint density at radius 2 is 1.84 bits per heavy atom. The molecule has 0 atom stereocenters. The first-order chi connectivity index (χ1) is 12.0. The highest BCUT2D eigenvalue weighted by atomic mass is 16.4. The Morgan fingerprint density at radius 3 is 2.56 bits per heavy atom. The highest BCUT2D eigenvalue weighted by molar-refractivity contribution is 5.82. The molecule has 3 nitrogen and oxygen atoms in total. The van der Waals surface area contributed by atoms with Crippen molar-refractivity contribution >= 4 is 11.0 Å². The Labute approximate surface area is 148 Å². The third kappa shape index (κ3) is 4.18. The van der Waals surface area contributed by atoms with Gasteiger partial charge in [-0.15, -0.1) is 0 Å². The summed E-state index contributed by atoms with van der Waals surface area (Å²) < 4.78 is 5.41. The number of aryl methyl sites for hydroxylation is 1. The largest absolute Gasteiger partial charge is 0.423 e. The predicted octanol–water partition coefficient (Wildman–Crippen LogP) is 4.56. The van der Waals surface area contributed by atoms with Crippen LogP contribution in [0, 0.1) is 6.92 Å². The molecule has 0 saturated carbocycles. The quantitative estimate of drug-likeness (QED) is 0.530. The molecule has 1 heterocycles. The van der Waals surface area contributed by atoms with Crippen molar-refractivity contribution < 1.29 is 4.42 Å². The molecular weight excluding hydrogens is 310 g/mol. The van der Waals surface area contributed by atoms with Crippen molar-refractivity contribution in [1.82, 2.24) is 5.32 Å². The maximum atomic E-state index is 11.9. The minimum Gasteiger partial charge on any atom is -0.423 e. The Bertz CT molecular complexity index is 910. The van der Waals surface area contributed by atoms with Gasteiger partial charge in [-0.05, 0) is 60.2 Å². The van der Waals surface area contributed by atoms with Crippen LogP contribution >= 0.6 is 0 Å². The first-order valence-corrected chi connectivity index (χ1v) is 8.86. The number of hydrogen-bond acceptors (Lipinski definition) is 3. The van der Waals surface area contributed by atoms with Crippen LogP contribution in [0.2, 0.25) is 0 Å². The first kappa shape index (κ1) is 17.4. The molecule has 3 aromatic rings. The molecule has 0 aliphatic rings. The van der Waals surface area contributed by atoms with Crippen LogP contribution in [0.15, 0.2) is 57.7 Å². The van der Waals surface area contributed by atoms with E-state index in [-0.39, 0.29) is 5.63 Å². The molecule has 0 fully saturated rings. The van der Waals surface area contributed by atoms with Crippen molar-refractivity contribution in [1.29, 1.82) is 0 Å². The molecule has 25 heavy (non-hydrogen) atoms. The van der Waals surface area contributed by atoms with Gasteiger partial charge in [-0.2, -0.15) is 0 Å². The zero-order chi connectivity index (χ0) is 17.8. The summed E-state index contributed by atoms with van der Waals surface area (Å²) >= 11 is 0. The van der Waals surface area contributed by atoms with Crippen LogP contribution in [0.1, 0.15) is 42.0 Å². The third-order valence-electron chi connectivity index (χ3n) is 4.59. The van der Waals surface area contributed by atoms with Crippen LogP contribution in [-0.2, 0) is 13.0 Å². The van der Waals surface area contributed by atoms with Gasteiger partial charge in [-0.25, -0.2) is 4.79 Å².